The summed E-state index contributed by atoms with van der Waals surface area (Å²) in [7, 11) is -2.51. The smallest absolute Gasteiger partial charge is 0.255 e. The predicted octanol–water partition coefficient (Wildman–Crippen LogP) is 6.59. The molecule has 0 aliphatic rings. The molecule has 0 bridgehead atoms. The summed E-state index contributed by atoms with van der Waals surface area (Å²) in [6.07, 6.45) is 1.10. The van der Waals surface area contributed by atoms with Crippen molar-refractivity contribution in [2.24, 2.45) is 0 Å². The lowest BCUT2D eigenvalue weighted by Crippen LogP contribution is -2.35. The van der Waals surface area contributed by atoms with Crippen LogP contribution in [0.4, 0.5) is 14.5 Å². The second-order valence-corrected chi connectivity index (χ2v) is 12.2. The number of nitrogens with one attached hydrogen (secondary N) is 1. The second-order valence-electron chi connectivity index (χ2n) is 10.3. The van der Waals surface area contributed by atoms with Crippen molar-refractivity contribution < 1.29 is 30.8 Å². The lowest BCUT2D eigenvalue weighted by atomic mass is 9.97. The van der Waals surface area contributed by atoms with Crippen molar-refractivity contribution in [1.29, 1.82) is 0 Å². The molecule has 9 nitrogen and oxygen atoms in total. The molecule has 0 spiro atoms. The van der Waals surface area contributed by atoms with Crippen LogP contribution in [0.3, 0.4) is 0 Å². The number of aromatic nitrogens is 2. The number of carbonyl (C=O) groups is 1. The summed E-state index contributed by atoms with van der Waals surface area (Å²) in [5.74, 6) is -0.463. The number of oxazole rings is 1. The van der Waals surface area contributed by atoms with Crippen molar-refractivity contribution in [3.05, 3.63) is 90.4 Å². The van der Waals surface area contributed by atoms with E-state index in [4.69, 9.17) is 8.83 Å². The molecule has 0 aliphatic carbocycles. The van der Waals surface area contributed by atoms with Crippen LogP contribution in [0.25, 0.3) is 56.1 Å². The lowest BCUT2D eigenvalue weighted by molar-refractivity contribution is 0.0964. The van der Waals surface area contributed by atoms with Gasteiger partial charge in [0.2, 0.25) is 15.9 Å². The Kier molecular flexibility index (Phi) is 7.38. The van der Waals surface area contributed by atoms with Crippen molar-refractivity contribution in [3.8, 4) is 33.9 Å². The third-order valence-corrected chi connectivity index (χ3v) is 8.19. The van der Waals surface area contributed by atoms with Crippen LogP contribution in [0.2, 0.25) is 0 Å². The fourth-order valence-corrected chi connectivity index (χ4v) is 6.06. The van der Waals surface area contributed by atoms with Gasteiger partial charge in [-0.2, -0.15) is 4.98 Å². The molecule has 0 saturated carbocycles. The monoisotopic (exact) mass is 616 g/mol. The standard InChI is InChI=1S/C32H26F2N4O5S/c1-18(33)17-38(44(3,40)41)25-16-27-24(28(31(39)35-2)29(42-27)19-9-11-22(34)12-10-19)15-23(25)20-6-4-7-21(14-20)32-37-30-26(43-32)8-5-13-36-30/h4-16,18H,17H2,1-3H3,(H,35,39). The van der Waals surface area contributed by atoms with E-state index in [2.05, 4.69) is 15.3 Å². The highest BCUT2D eigenvalue weighted by Gasteiger charge is 2.28. The molecule has 44 heavy (non-hydrogen) atoms. The molecule has 6 rings (SSSR count). The molecule has 1 N–H and O–H groups in total. The maximum atomic E-state index is 14.4. The largest absolute Gasteiger partial charge is 0.455 e. The Morgan fingerprint density at radius 3 is 2.41 bits per heavy atom. The van der Waals surface area contributed by atoms with Crippen LogP contribution in [-0.2, 0) is 10.0 Å². The van der Waals surface area contributed by atoms with Gasteiger partial charge in [-0.05, 0) is 67.1 Å². The van der Waals surface area contributed by atoms with E-state index >= 15 is 0 Å². The molecule has 1 unspecified atom stereocenters. The number of alkyl halides is 1. The number of nitrogens with zero attached hydrogens (tertiary/aromatic N) is 3. The third-order valence-electron chi connectivity index (χ3n) is 7.04. The van der Waals surface area contributed by atoms with Crippen molar-refractivity contribution in [2.75, 3.05) is 24.2 Å². The van der Waals surface area contributed by atoms with Crippen LogP contribution in [-0.4, -0.2) is 50.3 Å². The molecule has 1 atom stereocenters. The maximum absolute atomic E-state index is 14.4. The summed E-state index contributed by atoms with van der Waals surface area (Å²) in [5, 5.41) is 2.99. The first-order valence-electron chi connectivity index (χ1n) is 13.6. The molecule has 6 aromatic rings. The van der Waals surface area contributed by atoms with Gasteiger partial charge in [0.1, 0.15) is 23.3 Å². The van der Waals surface area contributed by atoms with Gasteiger partial charge in [-0.1, -0.05) is 12.1 Å². The number of hydrogen-bond acceptors (Lipinski definition) is 7. The predicted molar refractivity (Wildman–Crippen MR) is 164 cm³/mol. The van der Waals surface area contributed by atoms with E-state index in [1.165, 1.54) is 44.3 Å². The molecule has 224 valence electrons. The summed E-state index contributed by atoms with van der Waals surface area (Å²) < 4.78 is 67.3. The van der Waals surface area contributed by atoms with Crippen LogP contribution in [0.5, 0.6) is 0 Å². The maximum Gasteiger partial charge on any atom is 0.255 e. The Labute approximate surface area is 251 Å². The number of fused-ring (bicyclic) bond motifs is 2. The Hall–Kier alpha value is -5.10. The van der Waals surface area contributed by atoms with Gasteiger partial charge in [-0.25, -0.2) is 22.2 Å². The van der Waals surface area contributed by atoms with Crippen molar-refractivity contribution >= 4 is 43.8 Å². The van der Waals surface area contributed by atoms with E-state index in [1.54, 1.807) is 48.7 Å². The first-order valence-corrected chi connectivity index (χ1v) is 15.4. The molecule has 3 aromatic heterocycles. The van der Waals surface area contributed by atoms with E-state index in [0.29, 0.717) is 44.8 Å². The molecule has 0 fully saturated rings. The molecule has 3 heterocycles. The van der Waals surface area contributed by atoms with Crippen LogP contribution in [0, 0.1) is 5.82 Å². The summed E-state index contributed by atoms with van der Waals surface area (Å²) in [6, 6.07) is 19.1. The van der Waals surface area contributed by atoms with Gasteiger partial charge in [0.05, 0.1) is 24.1 Å². The number of furan rings is 1. The molecular weight excluding hydrogens is 590 g/mol. The molecule has 0 aliphatic heterocycles. The summed E-state index contributed by atoms with van der Waals surface area (Å²) >= 11 is 0. The van der Waals surface area contributed by atoms with Gasteiger partial charge in [-0.3, -0.25) is 9.10 Å². The highest BCUT2D eigenvalue weighted by Crippen LogP contribution is 2.42. The minimum Gasteiger partial charge on any atom is -0.455 e. The number of anilines is 1. The minimum atomic E-state index is -3.98. The van der Waals surface area contributed by atoms with E-state index in [1.807, 2.05) is 0 Å². The number of rotatable bonds is 8. The molecule has 12 heteroatoms. The first-order chi connectivity index (χ1) is 21.0. The highest BCUT2D eigenvalue weighted by molar-refractivity contribution is 7.92. The van der Waals surface area contributed by atoms with Crippen molar-refractivity contribution in [3.63, 3.8) is 0 Å². The number of pyridine rings is 1. The molecule has 1 amide bonds. The number of carbonyl (C=O) groups excluding carboxylic acids is 1. The average molecular weight is 617 g/mol. The van der Waals surface area contributed by atoms with Crippen molar-refractivity contribution in [2.45, 2.75) is 13.1 Å². The Balaban J connectivity index is 1.63. The molecule has 0 saturated heterocycles. The zero-order chi connectivity index (χ0) is 31.2. The normalized spacial score (nSPS) is 12.5. The fraction of sp³-hybridized carbons (Fsp3) is 0.156. The summed E-state index contributed by atoms with van der Waals surface area (Å²) in [5.41, 5.74) is 3.38. The first kappa shape index (κ1) is 29.0. The molecule has 3 aromatic carbocycles. The number of amides is 1. The second kappa shape index (κ2) is 11.2. The molecule has 0 radical (unpaired) electrons. The van der Waals surface area contributed by atoms with E-state index < -0.39 is 34.5 Å². The quantitative estimate of drug-likeness (QED) is 0.205. The molecular formula is C32H26F2N4O5S. The Morgan fingerprint density at radius 1 is 0.977 bits per heavy atom. The highest BCUT2D eigenvalue weighted by atomic mass is 32.2. The van der Waals surface area contributed by atoms with Crippen LogP contribution >= 0.6 is 0 Å². The summed E-state index contributed by atoms with van der Waals surface area (Å²) in [4.78, 5) is 21.9. The Morgan fingerprint density at radius 2 is 1.73 bits per heavy atom. The lowest BCUT2D eigenvalue weighted by Gasteiger charge is -2.26. The SMILES string of the molecule is CNC(=O)c1c(-c2ccc(F)cc2)oc2cc(N(CC(C)F)S(C)(=O)=O)c(-c3cccc(-c4nc5ncccc5o4)c3)cc12. The van der Waals surface area contributed by atoms with Gasteiger partial charge in [0.25, 0.3) is 5.91 Å². The van der Waals surface area contributed by atoms with E-state index in [-0.39, 0.29) is 22.6 Å². The van der Waals surface area contributed by atoms with Crippen LogP contribution in [0.15, 0.2) is 87.8 Å². The number of benzene rings is 3. The van der Waals surface area contributed by atoms with Crippen LogP contribution in [0.1, 0.15) is 17.3 Å². The minimum absolute atomic E-state index is 0.142. The third kappa shape index (κ3) is 5.39. The zero-order valence-electron chi connectivity index (χ0n) is 23.8. The Bertz CT molecular complexity index is 2110. The van der Waals surface area contributed by atoms with Gasteiger partial charge in [0, 0.05) is 41.4 Å². The van der Waals surface area contributed by atoms with Gasteiger partial charge in [-0.15, -0.1) is 0 Å². The number of sulfonamides is 1. The zero-order valence-corrected chi connectivity index (χ0v) is 24.7. The van der Waals surface area contributed by atoms with Gasteiger partial charge >= 0.3 is 0 Å². The van der Waals surface area contributed by atoms with Gasteiger partial charge in [0.15, 0.2) is 11.2 Å². The summed E-state index contributed by atoms with van der Waals surface area (Å²) in [6.45, 7) is 0.809. The van der Waals surface area contributed by atoms with E-state index in [9.17, 15) is 22.0 Å². The fourth-order valence-electron chi connectivity index (χ4n) is 5.08. The van der Waals surface area contributed by atoms with E-state index in [0.717, 1.165) is 10.6 Å². The number of hydrogen-bond donors (Lipinski definition) is 1. The van der Waals surface area contributed by atoms with Gasteiger partial charge < -0.3 is 14.2 Å². The topological polar surface area (TPSA) is 119 Å². The number of halogens is 2. The average Bonchev–Trinajstić information content (AvgIpc) is 3.60. The van der Waals surface area contributed by atoms with Crippen molar-refractivity contribution in [1.82, 2.24) is 15.3 Å². The van der Waals surface area contributed by atoms with Crippen LogP contribution < -0.4 is 9.62 Å².